The SMILES string of the molecule is CCC[C@@H](NC(=O)[C@H](C)NC(=O)c1ccoc1)c1ccccc1. The molecule has 2 amide bonds. The van der Waals surface area contributed by atoms with Gasteiger partial charge >= 0.3 is 0 Å². The van der Waals surface area contributed by atoms with Gasteiger partial charge in [0.2, 0.25) is 5.91 Å². The second-order valence-corrected chi connectivity index (χ2v) is 5.47. The van der Waals surface area contributed by atoms with E-state index in [0.29, 0.717) is 5.56 Å². The highest BCUT2D eigenvalue weighted by atomic mass is 16.3. The summed E-state index contributed by atoms with van der Waals surface area (Å²) in [4.78, 5) is 24.3. The van der Waals surface area contributed by atoms with Crippen LogP contribution in [0, 0.1) is 0 Å². The molecule has 1 aromatic carbocycles. The highest BCUT2D eigenvalue weighted by Gasteiger charge is 2.20. The number of rotatable bonds is 7. The fraction of sp³-hybridized carbons (Fsp3) is 0.333. The second kappa shape index (κ2) is 8.17. The van der Waals surface area contributed by atoms with E-state index in [-0.39, 0.29) is 17.9 Å². The maximum Gasteiger partial charge on any atom is 0.255 e. The highest BCUT2D eigenvalue weighted by molar-refractivity contribution is 5.97. The van der Waals surface area contributed by atoms with Gasteiger partial charge in [-0.1, -0.05) is 43.7 Å². The standard InChI is InChI=1S/C18H22N2O3/c1-3-7-16(14-8-5-4-6-9-14)20-17(21)13(2)19-18(22)15-10-11-23-12-15/h4-6,8-13,16H,3,7H2,1-2H3,(H,19,22)(H,20,21)/t13-,16+/m0/s1. The lowest BCUT2D eigenvalue weighted by molar-refractivity contribution is -0.123. The Bertz CT molecular complexity index is 623. The van der Waals surface area contributed by atoms with Crippen molar-refractivity contribution in [2.24, 2.45) is 0 Å². The van der Waals surface area contributed by atoms with E-state index in [4.69, 9.17) is 4.42 Å². The van der Waals surface area contributed by atoms with E-state index in [9.17, 15) is 9.59 Å². The third-order valence-electron chi connectivity index (χ3n) is 3.62. The number of hydrogen-bond donors (Lipinski definition) is 2. The number of amides is 2. The third-order valence-corrected chi connectivity index (χ3v) is 3.62. The zero-order valence-electron chi connectivity index (χ0n) is 13.4. The molecule has 0 aliphatic rings. The van der Waals surface area contributed by atoms with Gasteiger partial charge < -0.3 is 15.1 Å². The molecule has 122 valence electrons. The fourth-order valence-corrected chi connectivity index (χ4v) is 2.33. The van der Waals surface area contributed by atoms with E-state index in [1.54, 1.807) is 13.0 Å². The highest BCUT2D eigenvalue weighted by Crippen LogP contribution is 2.18. The quantitative estimate of drug-likeness (QED) is 0.825. The molecule has 1 heterocycles. The molecule has 0 radical (unpaired) electrons. The minimum absolute atomic E-state index is 0.0537. The topological polar surface area (TPSA) is 71.3 Å². The van der Waals surface area contributed by atoms with Crippen molar-refractivity contribution in [3.63, 3.8) is 0 Å². The van der Waals surface area contributed by atoms with Gasteiger partial charge in [0.15, 0.2) is 0 Å². The first-order valence-electron chi connectivity index (χ1n) is 7.80. The summed E-state index contributed by atoms with van der Waals surface area (Å²) in [5, 5.41) is 5.68. The maximum absolute atomic E-state index is 12.4. The minimum atomic E-state index is -0.625. The van der Waals surface area contributed by atoms with Crippen molar-refractivity contribution in [3.8, 4) is 0 Å². The molecule has 5 heteroatoms. The molecule has 0 saturated heterocycles. The second-order valence-electron chi connectivity index (χ2n) is 5.47. The molecule has 2 aromatic rings. The monoisotopic (exact) mass is 314 g/mol. The van der Waals surface area contributed by atoms with Crippen LogP contribution in [-0.2, 0) is 4.79 Å². The number of carbonyl (C=O) groups excluding carboxylic acids is 2. The third kappa shape index (κ3) is 4.71. The molecular formula is C18H22N2O3. The van der Waals surface area contributed by atoms with Crippen LogP contribution >= 0.6 is 0 Å². The first-order chi connectivity index (χ1) is 11.1. The first-order valence-corrected chi connectivity index (χ1v) is 7.80. The summed E-state index contributed by atoms with van der Waals surface area (Å²) in [7, 11) is 0. The van der Waals surface area contributed by atoms with Gasteiger partial charge in [-0.2, -0.15) is 0 Å². The van der Waals surface area contributed by atoms with Crippen LogP contribution < -0.4 is 10.6 Å². The fourth-order valence-electron chi connectivity index (χ4n) is 2.33. The first kappa shape index (κ1) is 16.8. The summed E-state index contributed by atoms with van der Waals surface area (Å²) in [6, 6.07) is 10.7. The van der Waals surface area contributed by atoms with E-state index >= 15 is 0 Å². The largest absolute Gasteiger partial charge is 0.472 e. The molecule has 0 unspecified atom stereocenters. The molecular weight excluding hydrogens is 292 g/mol. The van der Waals surface area contributed by atoms with Gasteiger partial charge in [0.05, 0.1) is 17.9 Å². The van der Waals surface area contributed by atoms with E-state index in [1.165, 1.54) is 12.5 Å². The molecule has 23 heavy (non-hydrogen) atoms. The molecule has 2 N–H and O–H groups in total. The van der Waals surface area contributed by atoms with Crippen molar-refractivity contribution in [1.29, 1.82) is 0 Å². The Labute approximate surface area is 136 Å². The zero-order valence-corrected chi connectivity index (χ0v) is 13.4. The molecule has 1 aromatic heterocycles. The predicted molar refractivity (Wildman–Crippen MR) is 87.9 cm³/mol. The van der Waals surface area contributed by atoms with E-state index in [1.807, 2.05) is 30.3 Å². The van der Waals surface area contributed by atoms with Gasteiger partial charge in [-0.15, -0.1) is 0 Å². The average Bonchev–Trinajstić information content (AvgIpc) is 3.09. The van der Waals surface area contributed by atoms with Crippen molar-refractivity contribution in [3.05, 3.63) is 60.1 Å². The van der Waals surface area contributed by atoms with Crippen LogP contribution in [0.5, 0.6) is 0 Å². The summed E-state index contributed by atoms with van der Waals surface area (Å²) in [5.41, 5.74) is 1.47. The number of nitrogens with one attached hydrogen (secondary N) is 2. The molecule has 0 spiro atoms. The Hall–Kier alpha value is -2.56. The summed E-state index contributed by atoms with van der Waals surface area (Å²) < 4.78 is 4.87. The normalized spacial score (nSPS) is 13.1. The van der Waals surface area contributed by atoms with Gasteiger partial charge in [0.1, 0.15) is 12.3 Å². The van der Waals surface area contributed by atoms with E-state index < -0.39 is 6.04 Å². The van der Waals surface area contributed by atoms with Crippen LogP contribution in [0.25, 0.3) is 0 Å². The van der Waals surface area contributed by atoms with Crippen LogP contribution in [0.3, 0.4) is 0 Å². The van der Waals surface area contributed by atoms with Crippen LogP contribution in [-0.4, -0.2) is 17.9 Å². The number of hydrogen-bond acceptors (Lipinski definition) is 3. The average molecular weight is 314 g/mol. The van der Waals surface area contributed by atoms with Gasteiger partial charge in [-0.05, 0) is 25.0 Å². The lowest BCUT2D eigenvalue weighted by Crippen LogP contribution is -2.45. The summed E-state index contributed by atoms with van der Waals surface area (Å²) >= 11 is 0. The van der Waals surface area contributed by atoms with Crippen molar-refractivity contribution < 1.29 is 14.0 Å². The maximum atomic E-state index is 12.4. The van der Waals surface area contributed by atoms with Crippen molar-refractivity contribution in [2.45, 2.75) is 38.8 Å². The van der Waals surface area contributed by atoms with Gasteiger partial charge in [0.25, 0.3) is 5.91 Å². The smallest absolute Gasteiger partial charge is 0.255 e. The minimum Gasteiger partial charge on any atom is -0.472 e. The summed E-state index contributed by atoms with van der Waals surface area (Å²) in [5.74, 6) is -0.530. The Morgan fingerprint density at radius 2 is 1.87 bits per heavy atom. The van der Waals surface area contributed by atoms with Crippen LogP contribution in [0.2, 0.25) is 0 Å². The molecule has 2 atom stereocenters. The molecule has 5 nitrogen and oxygen atoms in total. The van der Waals surface area contributed by atoms with Crippen LogP contribution in [0.4, 0.5) is 0 Å². The van der Waals surface area contributed by atoms with Gasteiger partial charge in [-0.3, -0.25) is 9.59 Å². The van der Waals surface area contributed by atoms with Crippen molar-refractivity contribution >= 4 is 11.8 Å². The molecule has 0 bridgehead atoms. The predicted octanol–water partition coefficient (Wildman–Crippen LogP) is 3.06. The van der Waals surface area contributed by atoms with Crippen molar-refractivity contribution in [2.75, 3.05) is 0 Å². The Kier molecular flexibility index (Phi) is 5.97. The molecule has 0 aliphatic heterocycles. The summed E-state index contributed by atoms with van der Waals surface area (Å²) in [6.45, 7) is 3.74. The van der Waals surface area contributed by atoms with Crippen molar-refractivity contribution in [1.82, 2.24) is 10.6 Å². The Morgan fingerprint density at radius 1 is 1.13 bits per heavy atom. The summed E-state index contributed by atoms with van der Waals surface area (Å²) in [6.07, 6.45) is 4.57. The van der Waals surface area contributed by atoms with Crippen LogP contribution in [0.15, 0.2) is 53.3 Å². The number of carbonyl (C=O) groups is 2. The number of benzene rings is 1. The van der Waals surface area contributed by atoms with E-state index in [2.05, 4.69) is 17.6 Å². The lowest BCUT2D eigenvalue weighted by atomic mass is 10.0. The van der Waals surface area contributed by atoms with Gasteiger partial charge in [0, 0.05) is 0 Å². The molecule has 0 saturated carbocycles. The molecule has 0 aliphatic carbocycles. The van der Waals surface area contributed by atoms with Crippen LogP contribution in [0.1, 0.15) is 48.7 Å². The van der Waals surface area contributed by atoms with E-state index in [0.717, 1.165) is 18.4 Å². The molecule has 0 fully saturated rings. The molecule has 2 rings (SSSR count). The number of furan rings is 1. The lowest BCUT2D eigenvalue weighted by Gasteiger charge is -2.21. The Morgan fingerprint density at radius 3 is 2.48 bits per heavy atom. The van der Waals surface area contributed by atoms with Gasteiger partial charge in [-0.25, -0.2) is 0 Å². The Balaban J connectivity index is 1.96. The zero-order chi connectivity index (χ0) is 16.7.